The molecule has 1 fully saturated rings. The molecular weight excluding hydrogens is 354 g/mol. The van der Waals surface area contributed by atoms with Gasteiger partial charge >= 0.3 is 0 Å². The molecule has 1 heterocycles. The number of nitrogens with one attached hydrogen (secondary N) is 1. The molecule has 1 aliphatic heterocycles. The molecule has 2 aromatic rings. The van der Waals surface area contributed by atoms with E-state index >= 15 is 0 Å². The van der Waals surface area contributed by atoms with Gasteiger partial charge in [0.2, 0.25) is 0 Å². The van der Waals surface area contributed by atoms with Crippen LogP contribution in [0.5, 0.6) is 0 Å². The molecule has 144 valence electrons. The molecule has 0 spiro atoms. The van der Waals surface area contributed by atoms with Gasteiger partial charge in [-0.05, 0) is 55.1 Å². The molecule has 1 aliphatic rings. The van der Waals surface area contributed by atoms with E-state index < -0.39 is 0 Å². The van der Waals surface area contributed by atoms with Crippen LogP contribution in [-0.2, 0) is 6.54 Å². The second-order valence-electron chi connectivity index (χ2n) is 7.04. The zero-order valence-corrected chi connectivity index (χ0v) is 17.3. The number of hydrogen-bond donors (Lipinski definition) is 1. The molecule has 1 saturated heterocycles. The fraction of sp³-hybridized carbons (Fsp3) is 0.409. The van der Waals surface area contributed by atoms with Gasteiger partial charge in [0.05, 0.1) is 0 Å². The van der Waals surface area contributed by atoms with E-state index in [2.05, 4.69) is 34.2 Å². The van der Waals surface area contributed by atoms with Gasteiger partial charge in [0.25, 0.3) is 5.91 Å². The molecule has 0 radical (unpaired) electrons. The number of likely N-dealkylation sites (N-methyl/N-ethyl adjacent to an activating group) is 1. The molecule has 1 amide bonds. The Morgan fingerprint density at radius 1 is 1.04 bits per heavy atom. The maximum Gasteiger partial charge on any atom is 0.255 e. The first-order valence-electron chi connectivity index (χ1n) is 9.58. The van der Waals surface area contributed by atoms with E-state index in [0.29, 0.717) is 0 Å². The van der Waals surface area contributed by atoms with Gasteiger partial charge in [-0.3, -0.25) is 9.69 Å². The van der Waals surface area contributed by atoms with Crippen molar-refractivity contribution in [1.29, 1.82) is 0 Å². The summed E-state index contributed by atoms with van der Waals surface area (Å²) in [5, 5.41) is 3.03. The number of hydrogen-bond acceptors (Lipinski definition) is 4. The molecule has 0 bridgehead atoms. The van der Waals surface area contributed by atoms with Crippen LogP contribution >= 0.6 is 11.8 Å². The molecule has 0 saturated carbocycles. The van der Waals surface area contributed by atoms with Crippen molar-refractivity contribution in [2.24, 2.45) is 0 Å². The van der Waals surface area contributed by atoms with Crippen LogP contribution in [0.1, 0.15) is 28.4 Å². The minimum Gasteiger partial charge on any atom is -0.322 e. The zero-order chi connectivity index (χ0) is 19.2. The van der Waals surface area contributed by atoms with E-state index in [1.54, 1.807) is 11.8 Å². The summed E-state index contributed by atoms with van der Waals surface area (Å²) < 4.78 is 0. The molecule has 2 aromatic carbocycles. The van der Waals surface area contributed by atoms with Crippen molar-refractivity contribution in [1.82, 2.24) is 9.80 Å². The van der Waals surface area contributed by atoms with Crippen molar-refractivity contribution in [3.63, 3.8) is 0 Å². The summed E-state index contributed by atoms with van der Waals surface area (Å²) in [7, 11) is 0. The van der Waals surface area contributed by atoms with Crippen molar-refractivity contribution in [2.75, 3.05) is 44.3 Å². The van der Waals surface area contributed by atoms with Crippen molar-refractivity contribution < 1.29 is 4.79 Å². The molecule has 0 aromatic heterocycles. The average Bonchev–Trinajstić information content (AvgIpc) is 2.70. The van der Waals surface area contributed by atoms with Crippen LogP contribution in [0.25, 0.3) is 0 Å². The number of nitrogens with zero attached hydrogens (tertiary/aromatic N) is 2. The van der Waals surface area contributed by atoms with Crippen molar-refractivity contribution in [3.8, 4) is 0 Å². The predicted molar refractivity (Wildman–Crippen MR) is 115 cm³/mol. The van der Waals surface area contributed by atoms with Gasteiger partial charge in [0.15, 0.2) is 0 Å². The number of rotatable bonds is 6. The van der Waals surface area contributed by atoms with E-state index in [1.807, 2.05) is 43.5 Å². The maximum atomic E-state index is 12.6. The van der Waals surface area contributed by atoms with E-state index in [1.165, 1.54) is 5.56 Å². The normalized spacial score (nSPS) is 15.7. The largest absolute Gasteiger partial charge is 0.322 e. The minimum atomic E-state index is -0.0492. The summed E-state index contributed by atoms with van der Waals surface area (Å²) in [6.07, 6.45) is 2.02. The number of carbonyl (C=O) groups is 1. The van der Waals surface area contributed by atoms with Crippen LogP contribution in [0.4, 0.5) is 5.69 Å². The zero-order valence-electron chi connectivity index (χ0n) is 16.5. The summed E-state index contributed by atoms with van der Waals surface area (Å²) >= 11 is 1.65. The highest BCUT2D eigenvalue weighted by Crippen LogP contribution is 2.20. The average molecular weight is 384 g/mol. The van der Waals surface area contributed by atoms with Crippen LogP contribution in [0.3, 0.4) is 0 Å². The monoisotopic (exact) mass is 383 g/mol. The third-order valence-electron chi connectivity index (χ3n) is 5.22. The smallest absolute Gasteiger partial charge is 0.255 e. The van der Waals surface area contributed by atoms with Crippen LogP contribution in [0.15, 0.2) is 47.4 Å². The first-order chi connectivity index (χ1) is 13.1. The lowest BCUT2D eigenvalue weighted by atomic mass is 10.1. The van der Waals surface area contributed by atoms with Crippen molar-refractivity contribution >= 4 is 23.4 Å². The number of aryl methyl sites for hydroxylation is 1. The highest BCUT2D eigenvalue weighted by atomic mass is 32.2. The summed E-state index contributed by atoms with van der Waals surface area (Å²) in [6.45, 7) is 10.9. The van der Waals surface area contributed by atoms with Gasteiger partial charge in [-0.15, -0.1) is 11.8 Å². The second-order valence-corrected chi connectivity index (χ2v) is 7.92. The lowest BCUT2D eigenvalue weighted by molar-refractivity contribution is 0.102. The molecule has 0 aliphatic carbocycles. The Kier molecular flexibility index (Phi) is 6.94. The molecule has 0 atom stereocenters. The van der Waals surface area contributed by atoms with E-state index in [4.69, 9.17) is 0 Å². The molecule has 0 unspecified atom stereocenters. The van der Waals surface area contributed by atoms with E-state index in [-0.39, 0.29) is 5.91 Å². The summed E-state index contributed by atoms with van der Waals surface area (Å²) in [5.74, 6) is -0.0492. The number of carbonyl (C=O) groups excluding carboxylic acids is 1. The van der Waals surface area contributed by atoms with Crippen LogP contribution in [0.2, 0.25) is 0 Å². The Balaban J connectivity index is 1.58. The highest BCUT2D eigenvalue weighted by molar-refractivity contribution is 7.98. The van der Waals surface area contributed by atoms with Gasteiger partial charge in [-0.2, -0.15) is 0 Å². The Bertz CT molecular complexity index is 768. The number of thioether (sulfide) groups is 1. The van der Waals surface area contributed by atoms with Crippen molar-refractivity contribution in [2.45, 2.75) is 25.3 Å². The molecule has 4 nitrogen and oxygen atoms in total. The Hall–Kier alpha value is -1.82. The summed E-state index contributed by atoms with van der Waals surface area (Å²) in [5.41, 5.74) is 3.86. The van der Waals surface area contributed by atoms with E-state index in [0.717, 1.165) is 61.0 Å². The number of piperazine rings is 1. The van der Waals surface area contributed by atoms with Gasteiger partial charge in [-0.25, -0.2) is 0 Å². The van der Waals surface area contributed by atoms with Crippen LogP contribution < -0.4 is 5.32 Å². The topological polar surface area (TPSA) is 35.6 Å². The van der Waals surface area contributed by atoms with Gasteiger partial charge in [-0.1, -0.05) is 25.1 Å². The van der Waals surface area contributed by atoms with Crippen LogP contribution in [-0.4, -0.2) is 54.7 Å². The van der Waals surface area contributed by atoms with Gasteiger partial charge in [0, 0.05) is 48.9 Å². The van der Waals surface area contributed by atoms with E-state index in [9.17, 15) is 4.79 Å². The fourth-order valence-corrected chi connectivity index (χ4v) is 3.83. The minimum absolute atomic E-state index is 0.0492. The maximum absolute atomic E-state index is 12.6. The van der Waals surface area contributed by atoms with Gasteiger partial charge in [0.1, 0.15) is 0 Å². The Labute approximate surface area is 166 Å². The SMILES string of the molecule is CCN1CCN(Cc2ccc(NC(=O)c3cc(SC)ccc3C)cc2)CC1. The predicted octanol–water partition coefficient (Wildman–Crippen LogP) is 4.11. The second kappa shape index (κ2) is 9.40. The Morgan fingerprint density at radius 3 is 2.33 bits per heavy atom. The third-order valence-corrected chi connectivity index (χ3v) is 5.94. The summed E-state index contributed by atoms with van der Waals surface area (Å²) in [6, 6.07) is 14.3. The highest BCUT2D eigenvalue weighted by Gasteiger charge is 2.15. The third kappa shape index (κ3) is 5.34. The lowest BCUT2D eigenvalue weighted by Crippen LogP contribution is -2.45. The lowest BCUT2D eigenvalue weighted by Gasteiger charge is -2.34. The quantitative estimate of drug-likeness (QED) is 0.762. The first-order valence-corrected chi connectivity index (χ1v) is 10.8. The molecular formula is C22H29N3OS. The molecule has 5 heteroatoms. The fourth-order valence-electron chi connectivity index (χ4n) is 3.39. The molecule has 3 rings (SSSR count). The van der Waals surface area contributed by atoms with Gasteiger partial charge < -0.3 is 10.2 Å². The van der Waals surface area contributed by atoms with Crippen molar-refractivity contribution in [3.05, 3.63) is 59.2 Å². The molecule has 27 heavy (non-hydrogen) atoms. The summed E-state index contributed by atoms with van der Waals surface area (Å²) in [4.78, 5) is 18.7. The number of amides is 1. The Morgan fingerprint density at radius 2 is 1.70 bits per heavy atom. The number of anilines is 1. The standard InChI is InChI=1S/C22H29N3OS/c1-4-24-11-13-25(14-12-24)16-18-6-8-19(9-7-18)23-22(26)21-15-20(27-3)10-5-17(21)2/h5-10,15H,4,11-14,16H2,1-3H3,(H,23,26). The van der Waals surface area contributed by atoms with Crippen LogP contribution in [0, 0.1) is 6.92 Å². The molecule has 1 N–H and O–H groups in total. The first kappa shape index (κ1) is 19.9. The number of benzene rings is 2.